The van der Waals surface area contributed by atoms with Gasteiger partial charge in [0.15, 0.2) is 6.54 Å². The van der Waals surface area contributed by atoms with E-state index in [1.165, 1.54) is 12.1 Å². The Morgan fingerprint density at radius 3 is 2.41 bits per heavy atom. The van der Waals surface area contributed by atoms with Crippen molar-refractivity contribution in [1.82, 2.24) is 5.32 Å². The van der Waals surface area contributed by atoms with Crippen molar-refractivity contribution in [1.29, 1.82) is 0 Å². The molecule has 0 unspecified atom stereocenters. The van der Waals surface area contributed by atoms with Gasteiger partial charge in [0.25, 0.3) is 5.91 Å². The quantitative estimate of drug-likeness (QED) is 0.613. The summed E-state index contributed by atoms with van der Waals surface area (Å²) in [5, 5.41) is 7.71. The Morgan fingerprint density at radius 1 is 1.11 bits per heavy atom. The molecule has 0 fully saturated rings. The lowest BCUT2D eigenvalue weighted by Crippen LogP contribution is -2.87. The van der Waals surface area contributed by atoms with Gasteiger partial charge in [-0.2, -0.15) is 0 Å². The summed E-state index contributed by atoms with van der Waals surface area (Å²) in [5.74, 6) is -0.362. The van der Waals surface area contributed by atoms with Crippen LogP contribution in [0.5, 0.6) is 0 Å². The van der Waals surface area contributed by atoms with E-state index in [0.717, 1.165) is 16.0 Å². The van der Waals surface area contributed by atoms with E-state index in [1.807, 2.05) is 54.0 Å². The first-order chi connectivity index (χ1) is 13.0. The molecule has 3 aromatic rings. The number of quaternary nitrogens is 1. The molecule has 0 spiro atoms. The number of carbonyl (C=O) groups excluding carboxylic acids is 1. The van der Waals surface area contributed by atoms with Gasteiger partial charge in [-0.15, -0.1) is 11.3 Å². The number of carbonyl (C=O) groups is 1. The normalized spacial score (nSPS) is 13.1. The van der Waals surface area contributed by atoms with E-state index < -0.39 is 0 Å². The van der Waals surface area contributed by atoms with Crippen LogP contribution in [0.3, 0.4) is 0 Å². The zero-order valence-corrected chi connectivity index (χ0v) is 16.4. The summed E-state index contributed by atoms with van der Waals surface area (Å²) in [5.41, 5.74) is 1.97. The van der Waals surface area contributed by atoms with E-state index in [9.17, 15) is 9.18 Å². The molecule has 1 amide bonds. The molecular weight excluding hydrogens is 383 g/mol. The largest absolute Gasteiger partial charge is 0.339 e. The predicted octanol–water partition coefficient (Wildman–Crippen LogP) is 4.07. The smallest absolute Gasteiger partial charge is 0.275 e. The molecule has 140 valence electrons. The van der Waals surface area contributed by atoms with E-state index in [2.05, 4.69) is 5.32 Å². The van der Waals surface area contributed by atoms with Crippen molar-refractivity contribution in [2.45, 2.75) is 19.0 Å². The molecule has 2 atom stereocenters. The molecule has 1 heterocycles. The molecule has 0 radical (unpaired) electrons. The van der Waals surface area contributed by atoms with Crippen LogP contribution in [-0.2, 0) is 4.79 Å². The fraction of sp³-hybridized carbons (Fsp3) is 0.190. The number of amides is 1. The summed E-state index contributed by atoms with van der Waals surface area (Å²) in [6.07, 6.45) is 0. The number of nitrogens with two attached hydrogens (primary N) is 1. The highest BCUT2D eigenvalue weighted by molar-refractivity contribution is 7.10. The topological polar surface area (TPSA) is 45.7 Å². The minimum absolute atomic E-state index is 0.0708. The van der Waals surface area contributed by atoms with Crippen LogP contribution >= 0.6 is 22.9 Å². The first kappa shape index (κ1) is 19.5. The Hall–Kier alpha value is -2.21. The van der Waals surface area contributed by atoms with E-state index in [4.69, 9.17) is 11.6 Å². The lowest BCUT2D eigenvalue weighted by Gasteiger charge is -2.18. The average molecular weight is 404 g/mol. The van der Waals surface area contributed by atoms with Crippen molar-refractivity contribution < 1.29 is 14.5 Å². The first-order valence-electron chi connectivity index (χ1n) is 8.70. The van der Waals surface area contributed by atoms with Crippen molar-refractivity contribution >= 4 is 28.8 Å². The minimum Gasteiger partial charge on any atom is -0.339 e. The van der Waals surface area contributed by atoms with Crippen molar-refractivity contribution in [2.24, 2.45) is 0 Å². The fourth-order valence-corrected chi connectivity index (χ4v) is 3.76. The highest BCUT2D eigenvalue weighted by Crippen LogP contribution is 2.26. The van der Waals surface area contributed by atoms with Crippen LogP contribution in [0, 0.1) is 5.82 Å². The molecule has 3 N–H and O–H groups in total. The van der Waals surface area contributed by atoms with Gasteiger partial charge in [0, 0.05) is 15.5 Å². The third kappa shape index (κ3) is 5.39. The Labute approximate surface area is 167 Å². The van der Waals surface area contributed by atoms with Crippen molar-refractivity contribution in [3.63, 3.8) is 0 Å². The van der Waals surface area contributed by atoms with Gasteiger partial charge in [0.2, 0.25) is 0 Å². The molecule has 6 heteroatoms. The van der Waals surface area contributed by atoms with Crippen LogP contribution in [0.15, 0.2) is 66.0 Å². The zero-order valence-electron chi connectivity index (χ0n) is 14.9. The third-order valence-corrected chi connectivity index (χ3v) is 5.58. The summed E-state index contributed by atoms with van der Waals surface area (Å²) >= 11 is 7.48. The second kappa shape index (κ2) is 9.13. The molecule has 0 bridgehead atoms. The molecule has 0 aliphatic carbocycles. The van der Waals surface area contributed by atoms with Gasteiger partial charge in [-0.05, 0) is 48.2 Å². The Morgan fingerprint density at radius 2 is 1.78 bits per heavy atom. The lowest BCUT2D eigenvalue weighted by atomic mass is 10.1. The number of rotatable bonds is 7. The molecule has 0 saturated carbocycles. The fourth-order valence-electron chi connectivity index (χ4n) is 2.84. The maximum Gasteiger partial charge on any atom is 0.275 e. The molecular formula is C21H21ClFN2OS+. The van der Waals surface area contributed by atoms with Crippen LogP contribution in [0.1, 0.15) is 35.0 Å². The molecule has 2 aromatic carbocycles. The van der Waals surface area contributed by atoms with Crippen molar-refractivity contribution in [2.75, 3.05) is 6.54 Å². The second-order valence-corrected chi connectivity index (χ2v) is 7.76. The summed E-state index contributed by atoms with van der Waals surface area (Å²) in [7, 11) is 0. The van der Waals surface area contributed by atoms with Crippen LogP contribution in [-0.4, -0.2) is 12.5 Å². The predicted molar refractivity (Wildman–Crippen MR) is 107 cm³/mol. The number of benzene rings is 2. The Bertz CT molecular complexity index is 866. The number of halogens is 2. The summed E-state index contributed by atoms with van der Waals surface area (Å²) in [4.78, 5) is 13.6. The Balaban J connectivity index is 1.64. The van der Waals surface area contributed by atoms with Crippen molar-refractivity contribution in [3.05, 3.63) is 92.9 Å². The Kier molecular flexibility index (Phi) is 6.61. The van der Waals surface area contributed by atoms with E-state index in [-0.39, 0.29) is 23.8 Å². The van der Waals surface area contributed by atoms with Gasteiger partial charge in [-0.3, -0.25) is 4.79 Å². The number of nitrogens with one attached hydrogen (secondary N) is 1. The number of hydrogen-bond acceptors (Lipinski definition) is 2. The highest BCUT2D eigenvalue weighted by atomic mass is 35.5. The molecule has 3 nitrogen and oxygen atoms in total. The van der Waals surface area contributed by atoms with Gasteiger partial charge in [0.05, 0.1) is 6.04 Å². The van der Waals surface area contributed by atoms with Crippen molar-refractivity contribution in [3.8, 4) is 0 Å². The minimum atomic E-state index is -0.292. The first-order valence-corrected chi connectivity index (χ1v) is 9.95. The van der Waals surface area contributed by atoms with E-state index >= 15 is 0 Å². The van der Waals surface area contributed by atoms with Crippen LogP contribution < -0.4 is 10.6 Å². The molecule has 1 aromatic heterocycles. The highest BCUT2D eigenvalue weighted by Gasteiger charge is 2.19. The van der Waals surface area contributed by atoms with E-state index in [0.29, 0.717) is 11.6 Å². The molecule has 0 saturated heterocycles. The standard InChI is InChI=1S/C21H20ClFN2OS/c1-14(15-4-8-17(22)9-5-15)24-13-20(26)25-21(19-3-2-12-27-19)16-6-10-18(23)11-7-16/h2-12,14,21,24H,13H2,1H3,(H,25,26)/p+1/t14-,21-/m1/s1. The maximum atomic E-state index is 13.3. The molecule has 0 aliphatic rings. The number of hydrogen-bond donors (Lipinski definition) is 2. The van der Waals surface area contributed by atoms with Crippen LogP contribution in [0.2, 0.25) is 5.02 Å². The van der Waals surface area contributed by atoms with Gasteiger partial charge in [-0.25, -0.2) is 4.39 Å². The van der Waals surface area contributed by atoms with Gasteiger partial charge < -0.3 is 10.6 Å². The second-order valence-electron chi connectivity index (χ2n) is 6.35. The SMILES string of the molecule is C[C@@H]([NH2+]CC(=O)N[C@H](c1ccc(F)cc1)c1cccs1)c1ccc(Cl)cc1. The van der Waals surface area contributed by atoms with E-state index in [1.54, 1.807) is 23.5 Å². The summed E-state index contributed by atoms with van der Waals surface area (Å²) in [6, 6.07) is 17.6. The molecule has 27 heavy (non-hydrogen) atoms. The van der Waals surface area contributed by atoms with Gasteiger partial charge >= 0.3 is 0 Å². The van der Waals surface area contributed by atoms with Crippen LogP contribution in [0.4, 0.5) is 4.39 Å². The zero-order chi connectivity index (χ0) is 19.2. The van der Waals surface area contributed by atoms with Gasteiger partial charge in [-0.1, -0.05) is 41.9 Å². The number of thiophene rings is 1. The van der Waals surface area contributed by atoms with Crippen LogP contribution in [0.25, 0.3) is 0 Å². The lowest BCUT2D eigenvalue weighted by molar-refractivity contribution is -0.682. The molecule has 3 rings (SSSR count). The van der Waals surface area contributed by atoms with Gasteiger partial charge in [0.1, 0.15) is 11.9 Å². The average Bonchev–Trinajstić information content (AvgIpc) is 3.20. The molecule has 0 aliphatic heterocycles. The maximum absolute atomic E-state index is 13.3. The third-order valence-electron chi connectivity index (χ3n) is 4.39. The monoisotopic (exact) mass is 403 g/mol. The summed E-state index contributed by atoms with van der Waals surface area (Å²) in [6.45, 7) is 2.35. The summed E-state index contributed by atoms with van der Waals surface area (Å²) < 4.78 is 13.3.